The van der Waals surface area contributed by atoms with E-state index in [4.69, 9.17) is 0 Å². The molecule has 0 bridgehead atoms. The summed E-state index contributed by atoms with van der Waals surface area (Å²) in [5.41, 5.74) is 1.69. The van der Waals surface area contributed by atoms with Gasteiger partial charge in [0.05, 0.1) is 24.6 Å². The first-order valence-corrected chi connectivity index (χ1v) is 6.69. The molecule has 3 aromatic rings. The molecule has 0 fully saturated rings. The van der Waals surface area contributed by atoms with Crippen LogP contribution < -0.4 is 5.56 Å². The van der Waals surface area contributed by atoms with Crippen molar-refractivity contribution in [1.82, 2.24) is 15.0 Å². The van der Waals surface area contributed by atoms with E-state index in [1.165, 1.54) is 11.8 Å². The first kappa shape index (κ1) is 13.9. The van der Waals surface area contributed by atoms with Crippen LogP contribution in [0.4, 0.5) is 0 Å². The lowest BCUT2D eigenvalue weighted by molar-refractivity contribution is 0.0600. The summed E-state index contributed by atoms with van der Waals surface area (Å²) in [5.74, 6) is -0.394. The second-order valence-electron chi connectivity index (χ2n) is 4.76. The molecule has 0 amide bonds. The second kappa shape index (κ2) is 5.77. The Morgan fingerprint density at radius 3 is 2.59 bits per heavy atom. The zero-order chi connectivity index (χ0) is 15.5. The molecule has 0 aliphatic rings. The third-order valence-electron chi connectivity index (χ3n) is 3.34. The molecular weight excluding hydrogens is 282 g/mol. The van der Waals surface area contributed by atoms with Gasteiger partial charge in [-0.05, 0) is 29.8 Å². The van der Waals surface area contributed by atoms with Crippen molar-refractivity contribution in [3.8, 4) is 0 Å². The fraction of sp³-hybridized carbons (Fsp3) is 0.125. The van der Waals surface area contributed by atoms with E-state index >= 15 is 0 Å². The van der Waals surface area contributed by atoms with Gasteiger partial charge < -0.3 is 4.74 Å². The molecule has 0 N–H and O–H groups in total. The van der Waals surface area contributed by atoms with E-state index in [0.29, 0.717) is 16.5 Å². The Morgan fingerprint density at radius 1 is 1.14 bits per heavy atom. The lowest BCUT2D eigenvalue weighted by atomic mass is 10.1. The van der Waals surface area contributed by atoms with Gasteiger partial charge in [-0.1, -0.05) is 29.5 Å². The van der Waals surface area contributed by atoms with Crippen molar-refractivity contribution in [1.29, 1.82) is 0 Å². The number of benzene rings is 2. The maximum atomic E-state index is 12.3. The van der Waals surface area contributed by atoms with Crippen LogP contribution >= 0.6 is 0 Å². The Labute approximate surface area is 126 Å². The molecule has 0 saturated heterocycles. The molecule has 110 valence electrons. The highest BCUT2D eigenvalue weighted by molar-refractivity contribution is 5.89. The number of carbonyl (C=O) groups excluding carboxylic acids is 1. The molecule has 0 saturated carbocycles. The predicted molar refractivity (Wildman–Crippen MR) is 80.7 cm³/mol. The van der Waals surface area contributed by atoms with Gasteiger partial charge in [0.2, 0.25) is 0 Å². The molecule has 6 heteroatoms. The lowest BCUT2D eigenvalue weighted by Crippen LogP contribution is -2.24. The third-order valence-corrected chi connectivity index (χ3v) is 3.34. The Balaban J connectivity index is 1.92. The van der Waals surface area contributed by atoms with Gasteiger partial charge in [0, 0.05) is 0 Å². The summed E-state index contributed by atoms with van der Waals surface area (Å²) < 4.78 is 5.95. The van der Waals surface area contributed by atoms with Gasteiger partial charge in [0.25, 0.3) is 5.56 Å². The Morgan fingerprint density at radius 2 is 1.86 bits per heavy atom. The van der Waals surface area contributed by atoms with Crippen molar-refractivity contribution in [2.24, 2.45) is 0 Å². The smallest absolute Gasteiger partial charge is 0.337 e. The summed E-state index contributed by atoms with van der Waals surface area (Å²) >= 11 is 0. The number of hydrogen-bond acceptors (Lipinski definition) is 5. The number of methoxy groups -OCH3 is 1. The fourth-order valence-electron chi connectivity index (χ4n) is 2.16. The standard InChI is InChI=1S/C16H13N3O3/c1-22-16(21)12-8-6-11(7-9-12)10-19-15(20)13-4-2-3-5-14(13)17-18-19/h2-9H,10H2,1H3. The van der Waals surface area contributed by atoms with Crippen LogP contribution in [0.3, 0.4) is 0 Å². The number of ether oxygens (including phenoxy) is 1. The molecule has 0 radical (unpaired) electrons. The Hall–Kier alpha value is -3.02. The molecule has 0 spiro atoms. The van der Waals surface area contributed by atoms with E-state index in [-0.39, 0.29) is 12.1 Å². The van der Waals surface area contributed by atoms with Gasteiger partial charge in [0.1, 0.15) is 5.52 Å². The van der Waals surface area contributed by atoms with Gasteiger partial charge in [0.15, 0.2) is 0 Å². The van der Waals surface area contributed by atoms with E-state index in [1.54, 1.807) is 42.5 Å². The van der Waals surface area contributed by atoms with Crippen molar-refractivity contribution >= 4 is 16.9 Å². The lowest BCUT2D eigenvalue weighted by Gasteiger charge is -2.06. The van der Waals surface area contributed by atoms with Crippen LogP contribution in [0.1, 0.15) is 15.9 Å². The normalized spacial score (nSPS) is 10.6. The second-order valence-corrected chi connectivity index (χ2v) is 4.76. The number of aromatic nitrogens is 3. The van der Waals surface area contributed by atoms with Crippen LogP contribution in [0.2, 0.25) is 0 Å². The molecule has 0 aliphatic heterocycles. The Kier molecular flexibility index (Phi) is 3.65. The minimum atomic E-state index is -0.394. The summed E-state index contributed by atoms with van der Waals surface area (Å²) in [5, 5.41) is 8.51. The molecule has 3 rings (SSSR count). The molecule has 2 aromatic carbocycles. The number of fused-ring (bicyclic) bond motifs is 1. The maximum absolute atomic E-state index is 12.3. The topological polar surface area (TPSA) is 74.1 Å². The largest absolute Gasteiger partial charge is 0.465 e. The first-order valence-electron chi connectivity index (χ1n) is 6.69. The van der Waals surface area contributed by atoms with E-state index in [1.807, 2.05) is 6.07 Å². The summed E-state index contributed by atoms with van der Waals surface area (Å²) in [6, 6.07) is 13.9. The van der Waals surface area contributed by atoms with Crippen LogP contribution in [-0.4, -0.2) is 28.1 Å². The SMILES string of the molecule is COC(=O)c1ccc(Cn2nnc3ccccc3c2=O)cc1. The monoisotopic (exact) mass is 295 g/mol. The summed E-state index contributed by atoms with van der Waals surface area (Å²) in [4.78, 5) is 23.7. The number of hydrogen-bond donors (Lipinski definition) is 0. The predicted octanol–water partition coefficient (Wildman–Crippen LogP) is 1.63. The Bertz CT molecular complexity index is 885. The van der Waals surface area contributed by atoms with E-state index < -0.39 is 5.97 Å². The number of esters is 1. The molecule has 0 unspecified atom stereocenters. The molecule has 1 heterocycles. The third kappa shape index (κ3) is 2.58. The van der Waals surface area contributed by atoms with Gasteiger partial charge in [-0.3, -0.25) is 4.79 Å². The zero-order valence-electron chi connectivity index (χ0n) is 11.9. The highest BCUT2D eigenvalue weighted by Gasteiger charge is 2.07. The molecule has 1 aromatic heterocycles. The van der Waals surface area contributed by atoms with Crippen molar-refractivity contribution in [2.75, 3.05) is 7.11 Å². The van der Waals surface area contributed by atoms with Gasteiger partial charge >= 0.3 is 5.97 Å². The van der Waals surface area contributed by atoms with Gasteiger partial charge in [-0.25, -0.2) is 9.48 Å². The quantitative estimate of drug-likeness (QED) is 0.687. The molecule has 0 atom stereocenters. The van der Waals surface area contributed by atoms with Crippen molar-refractivity contribution in [3.05, 3.63) is 70.0 Å². The minimum Gasteiger partial charge on any atom is -0.465 e. The summed E-state index contributed by atoms with van der Waals surface area (Å²) in [7, 11) is 1.33. The number of carbonyl (C=O) groups is 1. The van der Waals surface area contributed by atoms with Crippen LogP contribution in [0.15, 0.2) is 53.3 Å². The fourth-order valence-corrected chi connectivity index (χ4v) is 2.16. The summed E-state index contributed by atoms with van der Waals surface area (Å²) in [6.07, 6.45) is 0. The highest BCUT2D eigenvalue weighted by Crippen LogP contribution is 2.08. The van der Waals surface area contributed by atoms with Gasteiger partial charge in [-0.2, -0.15) is 0 Å². The average Bonchev–Trinajstić information content (AvgIpc) is 2.57. The first-order chi connectivity index (χ1) is 10.7. The van der Waals surface area contributed by atoms with Crippen LogP contribution in [0.5, 0.6) is 0 Å². The number of rotatable bonds is 3. The van der Waals surface area contributed by atoms with Crippen molar-refractivity contribution < 1.29 is 9.53 Å². The van der Waals surface area contributed by atoms with Crippen molar-refractivity contribution in [3.63, 3.8) is 0 Å². The minimum absolute atomic E-state index is 0.192. The van der Waals surface area contributed by atoms with Gasteiger partial charge in [-0.15, -0.1) is 5.10 Å². The van der Waals surface area contributed by atoms with Crippen LogP contribution in [-0.2, 0) is 11.3 Å². The highest BCUT2D eigenvalue weighted by atomic mass is 16.5. The van der Waals surface area contributed by atoms with E-state index in [2.05, 4.69) is 15.0 Å². The molecule has 6 nitrogen and oxygen atoms in total. The van der Waals surface area contributed by atoms with E-state index in [9.17, 15) is 9.59 Å². The zero-order valence-corrected chi connectivity index (χ0v) is 11.9. The van der Waals surface area contributed by atoms with E-state index in [0.717, 1.165) is 5.56 Å². The van der Waals surface area contributed by atoms with Crippen molar-refractivity contribution in [2.45, 2.75) is 6.54 Å². The summed E-state index contributed by atoms with van der Waals surface area (Å²) in [6.45, 7) is 0.290. The molecule has 0 aliphatic carbocycles. The molecular formula is C16H13N3O3. The average molecular weight is 295 g/mol. The molecule has 22 heavy (non-hydrogen) atoms. The van der Waals surface area contributed by atoms with Crippen LogP contribution in [0, 0.1) is 0 Å². The van der Waals surface area contributed by atoms with Crippen LogP contribution in [0.25, 0.3) is 10.9 Å². The number of nitrogens with zero attached hydrogens (tertiary/aromatic N) is 3. The maximum Gasteiger partial charge on any atom is 0.337 e.